The minimum Gasteiger partial charge on any atom is -0.380 e. The molecular weight excluding hydrogens is 154 g/mol. The van der Waals surface area contributed by atoms with Gasteiger partial charge in [0.2, 0.25) is 0 Å². The zero-order chi connectivity index (χ0) is 9.98. The van der Waals surface area contributed by atoms with Gasteiger partial charge in [0.1, 0.15) is 0 Å². The van der Waals surface area contributed by atoms with Gasteiger partial charge in [0.05, 0.1) is 12.6 Å². The van der Waals surface area contributed by atoms with Crippen molar-refractivity contribution < 1.29 is 9.53 Å². The van der Waals surface area contributed by atoms with E-state index in [1.807, 2.05) is 20.8 Å². The maximum Gasteiger partial charge on any atom is 0.151 e. The fourth-order valence-corrected chi connectivity index (χ4v) is 0.600. The van der Waals surface area contributed by atoms with E-state index in [4.69, 9.17) is 10.5 Å². The predicted octanol–water partition coefficient (Wildman–Crippen LogP) is 1.36. The van der Waals surface area contributed by atoms with Crippen LogP contribution in [0.5, 0.6) is 0 Å². The first-order valence-corrected chi connectivity index (χ1v) is 4.58. The van der Waals surface area contributed by atoms with Crippen LogP contribution in [0.1, 0.15) is 34.1 Å². The zero-order valence-electron chi connectivity index (χ0n) is 8.59. The van der Waals surface area contributed by atoms with Gasteiger partial charge < -0.3 is 10.5 Å². The smallest absolute Gasteiger partial charge is 0.151 e. The average Bonchev–Trinajstić information content (AvgIpc) is 2.16. The van der Waals surface area contributed by atoms with Crippen molar-refractivity contribution in [3.8, 4) is 0 Å². The highest BCUT2D eigenvalue weighted by Gasteiger charge is 2.09. The summed E-state index contributed by atoms with van der Waals surface area (Å²) in [5.41, 5.74) is 5.44. The highest BCUT2D eigenvalue weighted by atomic mass is 16.5. The quantitative estimate of drug-likeness (QED) is 0.686. The summed E-state index contributed by atoms with van der Waals surface area (Å²) in [4.78, 5) is 10.8. The van der Waals surface area contributed by atoms with Crippen LogP contribution in [-0.2, 0) is 9.53 Å². The van der Waals surface area contributed by atoms with E-state index in [1.54, 1.807) is 6.92 Å². The van der Waals surface area contributed by atoms with Crippen LogP contribution < -0.4 is 5.73 Å². The van der Waals surface area contributed by atoms with E-state index in [2.05, 4.69) is 0 Å². The predicted molar refractivity (Wildman–Crippen MR) is 51.1 cm³/mol. The molecule has 0 aromatic rings. The topological polar surface area (TPSA) is 52.3 Å². The Morgan fingerprint density at radius 2 is 1.92 bits per heavy atom. The van der Waals surface area contributed by atoms with Gasteiger partial charge in [-0.25, -0.2) is 0 Å². The van der Waals surface area contributed by atoms with Gasteiger partial charge in [0.25, 0.3) is 0 Å². The molecule has 0 radical (unpaired) electrons. The molecule has 0 bridgehead atoms. The number of nitrogens with two attached hydrogens (primary N) is 1. The van der Waals surface area contributed by atoms with Crippen molar-refractivity contribution in [2.45, 2.75) is 40.2 Å². The molecular formula is C9H21NO2. The molecule has 0 aliphatic rings. The Morgan fingerprint density at radius 1 is 1.42 bits per heavy atom. The summed E-state index contributed by atoms with van der Waals surface area (Å²) < 4.78 is 4.97. The lowest BCUT2D eigenvalue weighted by atomic mass is 10.2. The minimum absolute atomic E-state index is 0.0634. The van der Waals surface area contributed by atoms with E-state index in [-0.39, 0.29) is 5.78 Å². The highest BCUT2D eigenvalue weighted by molar-refractivity contribution is 5.83. The summed E-state index contributed by atoms with van der Waals surface area (Å²) >= 11 is 0. The van der Waals surface area contributed by atoms with E-state index in [0.29, 0.717) is 19.6 Å². The molecule has 0 heterocycles. The summed E-state index contributed by atoms with van der Waals surface area (Å²) in [5.74, 6) is 0.0634. The van der Waals surface area contributed by atoms with E-state index >= 15 is 0 Å². The third-order valence-corrected chi connectivity index (χ3v) is 1.26. The molecule has 0 aliphatic heterocycles. The fraction of sp³-hybridized carbons (Fsp3) is 0.889. The van der Waals surface area contributed by atoms with E-state index < -0.39 is 6.04 Å². The molecule has 0 fully saturated rings. The van der Waals surface area contributed by atoms with Crippen LogP contribution in [0.25, 0.3) is 0 Å². The highest BCUT2D eigenvalue weighted by Crippen LogP contribution is 1.88. The molecule has 0 aliphatic carbocycles. The Bertz CT molecular complexity index is 105. The Kier molecular flexibility index (Phi) is 12.5. The fourth-order valence-electron chi connectivity index (χ4n) is 0.600. The summed E-state index contributed by atoms with van der Waals surface area (Å²) in [5, 5.41) is 0. The second kappa shape index (κ2) is 10.6. The Hall–Kier alpha value is -0.410. The first kappa shape index (κ1) is 14.1. The molecule has 0 aromatic carbocycles. The lowest BCUT2D eigenvalue weighted by molar-refractivity contribution is -0.121. The van der Waals surface area contributed by atoms with Crippen molar-refractivity contribution >= 4 is 5.78 Å². The number of ketones is 1. The van der Waals surface area contributed by atoms with Crippen LogP contribution in [0, 0.1) is 0 Å². The van der Waals surface area contributed by atoms with Crippen LogP contribution in [0.15, 0.2) is 0 Å². The maximum atomic E-state index is 10.8. The SMILES string of the molecule is CC.CCOCC(N)C(=O)CC. The molecule has 12 heavy (non-hydrogen) atoms. The Morgan fingerprint density at radius 3 is 2.25 bits per heavy atom. The van der Waals surface area contributed by atoms with Crippen molar-refractivity contribution in [2.24, 2.45) is 5.73 Å². The van der Waals surface area contributed by atoms with E-state index in [1.165, 1.54) is 0 Å². The first-order chi connectivity index (χ1) is 5.72. The Labute approximate surface area is 75.3 Å². The van der Waals surface area contributed by atoms with Gasteiger partial charge in [-0.3, -0.25) is 4.79 Å². The number of hydrogen-bond donors (Lipinski definition) is 1. The maximum absolute atomic E-state index is 10.8. The molecule has 0 rings (SSSR count). The van der Waals surface area contributed by atoms with Gasteiger partial charge in [-0.1, -0.05) is 20.8 Å². The molecule has 0 aromatic heterocycles. The second-order valence-electron chi connectivity index (χ2n) is 2.09. The molecule has 3 nitrogen and oxygen atoms in total. The molecule has 1 atom stereocenters. The molecule has 74 valence electrons. The van der Waals surface area contributed by atoms with Crippen LogP contribution in [0.3, 0.4) is 0 Å². The normalized spacial score (nSPS) is 11.4. The van der Waals surface area contributed by atoms with Crippen LogP contribution >= 0.6 is 0 Å². The monoisotopic (exact) mass is 175 g/mol. The van der Waals surface area contributed by atoms with Crippen LogP contribution in [0.4, 0.5) is 0 Å². The van der Waals surface area contributed by atoms with E-state index in [0.717, 1.165) is 0 Å². The largest absolute Gasteiger partial charge is 0.380 e. The summed E-state index contributed by atoms with van der Waals surface area (Å²) in [7, 11) is 0. The minimum atomic E-state index is -0.426. The first-order valence-electron chi connectivity index (χ1n) is 4.58. The summed E-state index contributed by atoms with van der Waals surface area (Å²) in [6.07, 6.45) is 0.494. The van der Waals surface area contributed by atoms with Crippen molar-refractivity contribution in [1.82, 2.24) is 0 Å². The zero-order valence-corrected chi connectivity index (χ0v) is 8.59. The van der Waals surface area contributed by atoms with Gasteiger partial charge in [0, 0.05) is 13.0 Å². The van der Waals surface area contributed by atoms with Crippen molar-refractivity contribution in [3.05, 3.63) is 0 Å². The van der Waals surface area contributed by atoms with Crippen molar-refractivity contribution in [3.63, 3.8) is 0 Å². The molecule has 3 heteroatoms. The average molecular weight is 175 g/mol. The van der Waals surface area contributed by atoms with Gasteiger partial charge in [0.15, 0.2) is 5.78 Å². The summed E-state index contributed by atoms with van der Waals surface area (Å²) in [6.45, 7) is 8.64. The Balaban J connectivity index is 0. The molecule has 0 spiro atoms. The molecule has 0 saturated carbocycles. The van der Waals surface area contributed by atoms with Crippen LogP contribution in [-0.4, -0.2) is 25.0 Å². The second-order valence-corrected chi connectivity index (χ2v) is 2.09. The third kappa shape index (κ3) is 7.69. The number of Topliss-reactive ketones (excluding diaryl/α,β-unsaturated/α-hetero) is 1. The number of rotatable bonds is 5. The lowest BCUT2D eigenvalue weighted by Gasteiger charge is -2.07. The third-order valence-electron chi connectivity index (χ3n) is 1.26. The van der Waals surface area contributed by atoms with Gasteiger partial charge in [-0.05, 0) is 6.92 Å². The molecule has 1 unspecified atom stereocenters. The molecule has 0 amide bonds. The molecule has 2 N–H and O–H groups in total. The van der Waals surface area contributed by atoms with Crippen LogP contribution in [0.2, 0.25) is 0 Å². The lowest BCUT2D eigenvalue weighted by Crippen LogP contribution is -2.34. The summed E-state index contributed by atoms with van der Waals surface area (Å²) in [6, 6.07) is -0.426. The number of carbonyl (C=O) groups is 1. The van der Waals surface area contributed by atoms with Crippen molar-refractivity contribution in [1.29, 1.82) is 0 Å². The van der Waals surface area contributed by atoms with E-state index in [9.17, 15) is 4.79 Å². The van der Waals surface area contributed by atoms with Gasteiger partial charge >= 0.3 is 0 Å². The van der Waals surface area contributed by atoms with Crippen molar-refractivity contribution in [2.75, 3.05) is 13.2 Å². The number of hydrogen-bond acceptors (Lipinski definition) is 3. The molecule has 0 saturated heterocycles. The standard InChI is InChI=1S/C7H15NO2.C2H6/c1-3-7(9)6(8)5-10-4-2;1-2/h6H,3-5,8H2,1-2H3;1-2H3. The number of carbonyl (C=O) groups excluding carboxylic acids is 1. The number of ether oxygens (including phenoxy) is 1. The van der Waals surface area contributed by atoms with Gasteiger partial charge in [-0.15, -0.1) is 0 Å². The van der Waals surface area contributed by atoms with Gasteiger partial charge in [-0.2, -0.15) is 0 Å².